The normalized spacial score (nSPS) is 32.9. The molecule has 2 fully saturated rings. The van der Waals surface area contributed by atoms with Crippen LogP contribution >= 0.6 is 0 Å². The molecule has 1 aromatic carbocycles. The molecule has 0 spiro atoms. The third kappa shape index (κ3) is 2.20. The van der Waals surface area contributed by atoms with Gasteiger partial charge in [-0.3, -0.25) is 0 Å². The molecule has 3 atom stereocenters. The van der Waals surface area contributed by atoms with Crippen LogP contribution in [0, 0.1) is 11.8 Å². The van der Waals surface area contributed by atoms with Crippen molar-refractivity contribution in [1.29, 1.82) is 0 Å². The number of rotatable bonds is 3. The van der Waals surface area contributed by atoms with E-state index in [0.717, 1.165) is 18.4 Å². The van der Waals surface area contributed by atoms with E-state index in [-0.39, 0.29) is 0 Å². The first-order valence-electron chi connectivity index (χ1n) is 6.23. The van der Waals surface area contributed by atoms with Crippen molar-refractivity contribution in [3.05, 3.63) is 30.3 Å². The predicted molar refractivity (Wildman–Crippen MR) is 67.2 cm³/mol. The number of benzene rings is 1. The van der Waals surface area contributed by atoms with E-state index in [9.17, 15) is 0 Å². The van der Waals surface area contributed by atoms with Crippen LogP contribution in [0.25, 0.3) is 0 Å². The summed E-state index contributed by atoms with van der Waals surface area (Å²) in [7, 11) is 0. The van der Waals surface area contributed by atoms with Gasteiger partial charge in [0, 0.05) is 0 Å². The van der Waals surface area contributed by atoms with Gasteiger partial charge in [0.05, 0.1) is 0 Å². The average molecular weight is 281 g/mol. The first-order chi connectivity index (χ1) is 7.93. The molecule has 0 radical (unpaired) electrons. The third-order valence-corrected chi connectivity index (χ3v) is 6.36. The van der Waals surface area contributed by atoms with Gasteiger partial charge in [-0.25, -0.2) is 0 Å². The second-order valence-corrected chi connectivity index (χ2v) is 7.14. The molecule has 1 unspecified atom stereocenters. The van der Waals surface area contributed by atoms with Crippen molar-refractivity contribution in [3.63, 3.8) is 0 Å². The minimum absolute atomic E-state index is 0.622. The second-order valence-electron chi connectivity index (χ2n) is 4.85. The minimum atomic E-state index is 0.622. The second kappa shape index (κ2) is 4.91. The van der Waals surface area contributed by atoms with Crippen LogP contribution in [-0.2, 0) is 4.74 Å². The Kier molecular flexibility index (Phi) is 3.32. The summed E-state index contributed by atoms with van der Waals surface area (Å²) < 4.78 is 7.43. The Morgan fingerprint density at radius 3 is 2.94 bits per heavy atom. The van der Waals surface area contributed by atoms with Crippen LogP contribution in [0.2, 0.25) is 5.32 Å². The Balaban J connectivity index is 1.56. The van der Waals surface area contributed by atoms with Gasteiger partial charge >= 0.3 is 104 Å². The predicted octanol–water partition coefficient (Wildman–Crippen LogP) is 2.25. The van der Waals surface area contributed by atoms with Crippen molar-refractivity contribution in [1.82, 2.24) is 0 Å². The number of fused-ring (bicyclic) bond motifs is 1. The molecule has 0 aromatic heterocycles. The summed E-state index contributed by atoms with van der Waals surface area (Å²) in [6, 6.07) is 10.9. The van der Waals surface area contributed by atoms with Gasteiger partial charge in [-0.15, -0.1) is 0 Å². The molecule has 1 aromatic rings. The Morgan fingerprint density at radius 1 is 1.19 bits per heavy atom. The molecule has 1 aliphatic carbocycles. The quantitative estimate of drug-likeness (QED) is 0.772. The molecule has 16 heavy (non-hydrogen) atoms. The van der Waals surface area contributed by atoms with Gasteiger partial charge in [0.1, 0.15) is 0 Å². The van der Waals surface area contributed by atoms with E-state index in [0.29, 0.717) is 21.1 Å². The van der Waals surface area contributed by atoms with E-state index >= 15 is 0 Å². The van der Waals surface area contributed by atoms with Gasteiger partial charge in [-0.05, 0) is 0 Å². The van der Waals surface area contributed by atoms with Crippen LogP contribution in [0.5, 0.6) is 0 Å². The molecule has 0 bridgehead atoms. The first-order valence-corrected chi connectivity index (χ1v) is 8.30. The molecule has 0 N–H and O–H groups in total. The Labute approximate surface area is 104 Å². The summed E-state index contributed by atoms with van der Waals surface area (Å²) in [6.45, 7) is 1.03. The zero-order valence-electron chi connectivity index (χ0n) is 9.47. The summed E-state index contributed by atoms with van der Waals surface area (Å²) in [6.07, 6.45) is 4.75. The van der Waals surface area contributed by atoms with E-state index in [1.807, 2.05) is 0 Å². The molecular formula is C14H18OSe. The van der Waals surface area contributed by atoms with Gasteiger partial charge in [0.2, 0.25) is 0 Å². The van der Waals surface area contributed by atoms with Crippen molar-refractivity contribution >= 4 is 19.4 Å². The topological polar surface area (TPSA) is 9.23 Å². The summed E-state index contributed by atoms with van der Waals surface area (Å²) in [5, 5.41) is 1.37. The molecule has 1 saturated carbocycles. The van der Waals surface area contributed by atoms with Crippen molar-refractivity contribution in [3.8, 4) is 0 Å². The maximum absolute atomic E-state index is 5.89. The third-order valence-electron chi connectivity index (χ3n) is 3.84. The SMILES string of the molecule is c1ccc([Se]CC2CO[C@H]3CCC[C@@H]23)cc1. The fourth-order valence-electron chi connectivity index (χ4n) is 2.96. The summed E-state index contributed by atoms with van der Waals surface area (Å²) >= 11 is 0.646. The Hall–Kier alpha value is -0.301. The van der Waals surface area contributed by atoms with Gasteiger partial charge < -0.3 is 0 Å². The summed E-state index contributed by atoms with van der Waals surface area (Å²) in [5.41, 5.74) is 0. The van der Waals surface area contributed by atoms with E-state index in [2.05, 4.69) is 30.3 Å². The van der Waals surface area contributed by atoms with E-state index in [1.54, 1.807) is 0 Å². The van der Waals surface area contributed by atoms with Crippen molar-refractivity contribution < 1.29 is 4.74 Å². The van der Waals surface area contributed by atoms with E-state index in [1.165, 1.54) is 29.0 Å². The molecule has 2 heteroatoms. The molecule has 2 aliphatic rings. The van der Waals surface area contributed by atoms with Gasteiger partial charge in [-0.1, -0.05) is 0 Å². The first kappa shape index (κ1) is 10.8. The molecule has 3 rings (SSSR count). The fourth-order valence-corrected chi connectivity index (χ4v) is 5.27. The molecule has 1 heterocycles. The van der Waals surface area contributed by atoms with Crippen LogP contribution in [0.1, 0.15) is 19.3 Å². The van der Waals surface area contributed by atoms with Crippen molar-refractivity contribution in [2.75, 3.05) is 6.61 Å². The summed E-state index contributed by atoms with van der Waals surface area (Å²) in [4.78, 5) is 0. The number of hydrogen-bond donors (Lipinski definition) is 0. The van der Waals surface area contributed by atoms with Crippen LogP contribution in [0.15, 0.2) is 30.3 Å². The number of hydrogen-bond acceptors (Lipinski definition) is 1. The molecule has 1 aliphatic heterocycles. The standard InChI is InChI=1S/C14H18OSe/c1-2-5-12(6-3-1)16-10-11-9-15-14-8-4-7-13(11)14/h1-3,5-6,11,13-14H,4,7-10H2/t11?,13-,14-/m0/s1. The molecule has 0 amide bonds. The van der Waals surface area contributed by atoms with Crippen LogP contribution < -0.4 is 4.46 Å². The van der Waals surface area contributed by atoms with Crippen LogP contribution in [-0.4, -0.2) is 27.7 Å². The monoisotopic (exact) mass is 282 g/mol. The van der Waals surface area contributed by atoms with Gasteiger partial charge in [0.15, 0.2) is 0 Å². The van der Waals surface area contributed by atoms with Gasteiger partial charge in [0.25, 0.3) is 0 Å². The fraction of sp³-hybridized carbons (Fsp3) is 0.571. The van der Waals surface area contributed by atoms with Crippen LogP contribution in [0.4, 0.5) is 0 Å². The Morgan fingerprint density at radius 2 is 2.06 bits per heavy atom. The zero-order valence-corrected chi connectivity index (χ0v) is 11.2. The average Bonchev–Trinajstić information content (AvgIpc) is 2.90. The Bertz CT molecular complexity index is 338. The molecule has 1 saturated heterocycles. The summed E-state index contributed by atoms with van der Waals surface area (Å²) in [5.74, 6) is 1.75. The van der Waals surface area contributed by atoms with Crippen molar-refractivity contribution in [2.24, 2.45) is 11.8 Å². The van der Waals surface area contributed by atoms with Crippen molar-refractivity contribution in [2.45, 2.75) is 30.7 Å². The van der Waals surface area contributed by atoms with Gasteiger partial charge in [-0.2, -0.15) is 0 Å². The molecule has 1 nitrogen and oxygen atoms in total. The van der Waals surface area contributed by atoms with E-state index in [4.69, 9.17) is 4.74 Å². The van der Waals surface area contributed by atoms with E-state index < -0.39 is 0 Å². The number of ether oxygens (including phenoxy) is 1. The van der Waals surface area contributed by atoms with Crippen LogP contribution in [0.3, 0.4) is 0 Å². The molecular weight excluding hydrogens is 263 g/mol. The maximum atomic E-state index is 5.89. The zero-order chi connectivity index (χ0) is 10.8. The molecule has 86 valence electrons.